The van der Waals surface area contributed by atoms with E-state index < -0.39 is 16.2 Å². The third kappa shape index (κ3) is 3.05. The van der Waals surface area contributed by atoms with E-state index in [2.05, 4.69) is 29.2 Å². The summed E-state index contributed by atoms with van der Waals surface area (Å²) in [6.45, 7) is 0.450. The molecule has 0 saturated carbocycles. The predicted molar refractivity (Wildman–Crippen MR) is 96.1 cm³/mol. The lowest BCUT2D eigenvalue weighted by atomic mass is 9.89. The zero-order valence-corrected chi connectivity index (χ0v) is 14.8. The van der Waals surface area contributed by atoms with Gasteiger partial charge in [-0.15, -0.1) is 0 Å². The lowest BCUT2D eigenvalue weighted by molar-refractivity contribution is 0.102. The molecule has 0 unspecified atom stereocenters. The van der Waals surface area contributed by atoms with Gasteiger partial charge >= 0.3 is 0 Å². The van der Waals surface area contributed by atoms with Crippen molar-refractivity contribution in [2.24, 2.45) is 5.92 Å². The molecule has 2 aromatic carbocycles. The van der Waals surface area contributed by atoms with Crippen LogP contribution < -0.4 is 4.90 Å². The monoisotopic (exact) mass is 359 g/mol. The van der Waals surface area contributed by atoms with E-state index in [1.165, 1.54) is 11.1 Å². The van der Waals surface area contributed by atoms with Gasteiger partial charge in [-0.2, -0.15) is 8.42 Å². The van der Waals surface area contributed by atoms with Crippen LogP contribution in [0.5, 0.6) is 0 Å². The van der Waals surface area contributed by atoms with E-state index in [4.69, 9.17) is 4.18 Å². The van der Waals surface area contributed by atoms with Gasteiger partial charge in [0.1, 0.15) is 0 Å². The molecule has 3 atom stereocenters. The van der Waals surface area contributed by atoms with Gasteiger partial charge in [0, 0.05) is 18.2 Å². The fraction of sp³-hybridized carbons (Fsp3) is 0.368. The van der Waals surface area contributed by atoms with E-state index in [9.17, 15) is 13.5 Å². The number of hydrogen-bond acceptors (Lipinski definition) is 5. The fourth-order valence-corrected chi connectivity index (χ4v) is 4.48. The second-order valence-corrected chi connectivity index (χ2v) is 8.47. The first-order valence-corrected chi connectivity index (χ1v) is 10.2. The molecule has 4 rings (SSSR count). The highest BCUT2D eigenvalue weighted by Crippen LogP contribution is 2.46. The molecule has 0 spiro atoms. The first kappa shape index (κ1) is 16.6. The number of benzene rings is 2. The number of hydrogen-bond donors (Lipinski definition) is 1. The molecule has 132 valence electrons. The highest BCUT2D eigenvalue weighted by molar-refractivity contribution is 7.85. The maximum absolute atomic E-state index is 11.4. The van der Waals surface area contributed by atoms with Crippen LogP contribution in [0.15, 0.2) is 48.5 Å². The van der Waals surface area contributed by atoms with E-state index in [-0.39, 0.29) is 18.6 Å². The van der Waals surface area contributed by atoms with E-state index in [0.717, 1.165) is 23.9 Å². The quantitative estimate of drug-likeness (QED) is 0.850. The number of para-hydroxylation sites is 1. The van der Waals surface area contributed by atoms with Crippen molar-refractivity contribution in [1.82, 2.24) is 0 Å². The second-order valence-electron chi connectivity index (χ2n) is 6.82. The summed E-state index contributed by atoms with van der Waals surface area (Å²) in [4.78, 5) is 2.20. The number of rotatable bonds is 3. The molecule has 2 aliphatic rings. The molecule has 5 nitrogen and oxygen atoms in total. The highest BCUT2D eigenvalue weighted by Gasteiger charge is 2.44. The van der Waals surface area contributed by atoms with Crippen molar-refractivity contribution in [3.8, 4) is 0 Å². The molecule has 6 heteroatoms. The SMILES string of the molecule is CS(=O)(=O)OC[C@H]1[C@H](O)CN2c3ccccc3Cc3ccccc3[C@@H]12. The Morgan fingerprint density at radius 1 is 1.12 bits per heavy atom. The summed E-state index contributed by atoms with van der Waals surface area (Å²) >= 11 is 0. The first-order valence-electron chi connectivity index (χ1n) is 8.39. The Kier molecular flexibility index (Phi) is 4.06. The highest BCUT2D eigenvalue weighted by atomic mass is 32.2. The first-order chi connectivity index (χ1) is 11.9. The molecule has 25 heavy (non-hydrogen) atoms. The minimum Gasteiger partial charge on any atom is -0.391 e. The van der Waals surface area contributed by atoms with Crippen LogP contribution in [-0.4, -0.2) is 39.0 Å². The third-order valence-corrected chi connectivity index (χ3v) is 5.71. The van der Waals surface area contributed by atoms with Gasteiger partial charge in [0.2, 0.25) is 0 Å². The molecule has 1 N–H and O–H groups in total. The van der Waals surface area contributed by atoms with Crippen LogP contribution in [0.2, 0.25) is 0 Å². The minimum absolute atomic E-state index is 0.0162. The summed E-state index contributed by atoms with van der Waals surface area (Å²) in [6, 6.07) is 16.3. The summed E-state index contributed by atoms with van der Waals surface area (Å²) in [7, 11) is -3.55. The molecule has 2 heterocycles. The van der Waals surface area contributed by atoms with E-state index in [0.29, 0.717) is 6.54 Å². The number of nitrogens with zero attached hydrogens (tertiary/aromatic N) is 1. The third-order valence-electron chi connectivity index (χ3n) is 5.15. The van der Waals surface area contributed by atoms with Crippen LogP contribution in [-0.2, 0) is 20.7 Å². The smallest absolute Gasteiger partial charge is 0.264 e. The Morgan fingerprint density at radius 3 is 2.56 bits per heavy atom. The molecule has 2 aliphatic heterocycles. The van der Waals surface area contributed by atoms with Crippen LogP contribution in [0.1, 0.15) is 22.7 Å². The summed E-state index contributed by atoms with van der Waals surface area (Å²) in [5, 5.41) is 10.6. The molecule has 0 aromatic heterocycles. The number of aliphatic hydroxyl groups is 1. The zero-order chi connectivity index (χ0) is 17.6. The maximum Gasteiger partial charge on any atom is 0.264 e. The van der Waals surface area contributed by atoms with Crippen LogP contribution in [0.25, 0.3) is 0 Å². The van der Waals surface area contributed by atoms with Crippen LogP contribution in [0.3, 0.4) is 0 Å². The van der Waals surface area contributed by atoms with Gasteiger partial charge in [-0.3, -0.25) is 4.18 Å². The van der Waals surface area contributed by atoms with Crippen molar-refractivity contribution in [3.63, 3.8) is 0 Å². The van der Waals surface area contributed by atoms with Gasteiger partial charge in [0.15, 0.2) is 0 Å². The van der Waals surface area contributed by atoms with Crippen LogP contribution >= 0.6 is 0 Å². The molecule has 1 fully saturated rings. The molecule has 1 saturated heterocycles. The lowest BCUT2D eigenvalue weighted by Crippen LogP contribution is -2.28. The largest absolute Gasteiger partial charge is 0.391 e. The number of aliphatic hydroxyl groups excluding tert-OH is 1. The second kappa shape index (κ2) is 6.12. The zero-order valence-electron chi connectivity index (χ0n) is 14.0. The summed E-state index contributed by atoms with van der Waals surface area (Å²) in [6.07, 6.45) is 1.23. The van der Waals surface area contributed by atoms with Gasteiger partial charge in [-0.1, -0.05) is 42.5 Å². The van der Waals surface area contributed by atoms with Gasteiger partial charge in [0.05, 0.1) is 25.0 Å². The summed E-state index contributed by atoms with van der Waals surface area (Å²) in [5.74, 6) is -0.304. The molecular weight excluding hydrogens is 338 g/mol. The molecule has 0 aliphatic carbocycles. The van der Waals surface area contributed by atoms with Gasteiger partial charge in [-0.25, -0.2) is 0 Å². The van der Waals surface area contributed by atoms with Crippen molar-refractivity contribution in [3.05, 3.63) is 65.2 Å². The summed E-state index contributed by atoms with van der Waals surface area (Å²) in [5.41, 5.74) is 4.66. The Balaban J connectivity index is 1.81. The minimum atomic E-state index is -3.55. The van der Waals surface area contributed by atoms with Crippen molar-refractivity contribution in [2.45, 2.75) is 18.6 Å². The molecule has 0 amide bonds. The van der Waals surface area contributed by atoms with Crippen molar-refractivity contribution >= 4 is 15.8 Å². The topological polar surface area (TPSA) is 66.8 Å². The average Bonchev–Trinajstić information content (AvgIpc) is 2.82. The fourth-order valence-electron chi connectivity index (χ4n) is 4.07. The average molecular weight is 359 g/mol. The van der Waals surface area contributed by atoms with Crippen LogP contribution in [0, 0.1) is 5.92 Å². The van der Waals surface area contributed by atoms with Gasteiger partial charge < -0.3 is 10.0 Å². The van der Waals surface area contributed by atoms with Gasteiger partial charge in [-0.05, 0) is 29.2 Å². The standard InChI is InChI=1S/C19H21NO4S/c1-25(22,23)24-12-16-18(21)11-20-17-9-5-3-7-14(17)10-13-6-2-4-8-15(13)19(16)20/h2-9,16,18-19,21H,10-12H2,1H3/t16-,18+,19-/m0/s1. The van der Waals surface area contributed by atoms with Crippen LogP contribution in [0.4, 0.5) is 5.69 Å². The number of fused-ring (bicyclic) bond motifs is 5. The van der Waals surface area contributed by atoms with Crippen molar-refractivity contribution in [1.29, 1.82) is 0 Å². The van der Waals surface area contributed by atoms with Gasteiger partial charge in [0.25, 0.3) is 10.1 Å². The molecule has 0 bridgehead atoms. The predicted octanol–water partition coefficient (Wildman–Crippen LogP) is 2.11. The van der Waals surface area contributed by atoms with E-state index in [1.807, 2.05) is 24.3 Å². The normalized spacial score (nSPS) is 25.0. The Labute approximate surface area is 148 Å². The molecular formula is C19H21NO4S. The Morgan fingerprint density at radius 2 is 1.80 bits per heavy atom. The molecule has 0 radical (unpaired) electrons. The van der Waals surface area contributed by atoms with E-state index in [1.54, 1.807) is 0 Å². The number of anilines is 1. The Hall–Kier alpha value is -1.89. The van der Waals surface area contributed by atoms with Crippen molar-refractivity contribution in [2.75, 3.05) is 24.3 Å². The Bertz CT molecular complexity index is 896. The lowest BCUT2D eigenvalue weighted by Gasteiger charge is -2.30. The maximum atomic E-state index is 11.4. The summed E-state index contributed by atoms with van der Waals surface area (Å²) < 4.78 is 28.0. The van der Waals surface area contributed by atoms with E-state index >= 15 is 0 Å². The molecule has 2 aromatic rings. The van der Waals surface area contributed by atoms with Crippen molar-refractivity contribution < 1.29 is 17.7 Å².